The topological polar surface area (TPSA) is 71.8 Å². The average molecular weight is 530 g/mol. The summed E-state index contributed by atoms with van der Waals surface area (Å²) in [4.78, 5) is 19.6. The standard InChI is InChI=1S/C23H23ClF3N5O2.ClH/c1-12-20(24)13(2)32-21(29-12)15-10-31(11-17(15)30-32)22(33)14-5-3-4-6-18(14)34-19-7-8-28-9-16(19)23(25,26)27;/h3-6,16,19,28H,7-11H2,1-2H3;1H. The first-order valence-corrected chi connectivity index (χ1v) is 11.4. The molecule has 2 unspecified atom stereocenters. The molecule has 12 heteroatoms. The normalized spacial score (nSPS) is 20.0. The lowest BCUT2D eigenvalue weighted by atomic mass is 9.95. The molecule has 4 heterocycles. The molecule has 2 aromatic heterocycles. The van der Waals surface area contributed by atoms with E-state index in [9.17, 15) is 18.0 Å². The molecule has 3 aromatic rings. The van der Waals surface area contributed by atoms with Crippen LogP contribution in [0.3, 0.4) is 0 Å². The van der Waals surface area contributed by atoms with Crippen LogP contribution in [0.25, 0.3) is 5.65 Å². The Morgan fingerprint density at radius 3 is 2.71 bits per heavy atom. The Morgan fingerprint density at radius 1 is 1.23 bits per heavy atom. The summed E-state index contributed by atoms with van der Waals surface area (Å²) in [5.41, 5.74) is 3.89. The van der Waals surface area contributed by atoms with Crippen LogP contribution in [0.4, 0.5) is 13.2 Å². The summed E-state index contributed by atoms with van der Waals surface area (Å²) >= 11 is 6.30. The van der Waals surface area contributed by atoms with Crippen LogP contribution in [0.1, 0.15) is 39.4 Å². The van der Waals surface area contributed by atoms with Gasteiger partial charge in [0, 0.05) is 12.1 Å². The van der Waals surface area contributed by atoms with Gasteiger partial charge in [-0.1, -0.05) is 23.7 Å². The second-order valence-corrected chi connectivity index (χ2v) is 9.09. The number of hydrogen-bond acceptors (Lipinski definition) is 5. The maximum absolute atomic E-state index is 13.5. The van der Waals surface area contributed by atoms with Gasteiger partial charge in [-0.3, -0.25) is 4.79 Å². The number of rotatable bonds is 3. The Bertz CT molecular complexity index is 1280. The molecule has 7 nitrogen and oxygen atoms in total. The Morgan fingerprint density at radius 2 is 1.97 bits per heavy atom. The number of piperidine rings is 1. The van der Waals surface area contributed by atoms with Crippen molar-refractivity contribution in [2.75, 3.05) is 13.1 Å². The quantitative estimate of drug-likeness (QED) is 0.541. The number of amides is 1. The Kier molecular flexibility index (Phi) is 6.91. The first kappa shape index (κ1) is 25.5. The highest BCUT2D eigenvalue weighted by Crippen LogP contribution is 2.35. The number of para-hydroxylation sites is 1. The largest absolute Gasteiger partial charge is 0.489 e. The van der Waals surface area contributed by atoms with Crippen molar-refractivity contribution in [3.63, 3.8) is 0 Å². The van der Waals surface area contributed by atoms with E-state index in [1.165, 1.54) is 0 Å². The van der Waals surface area contributed by atoms with Crippen LogP contribution < -0.4 is 10.1 Å². The van der Waals surface area contributed by atoms with Gasteiger partial charge in [-0.25, -0.2) is 9.50 Å². The third kappa shape index (κ3) is 4.54. The van der Waals surface area contributed by atoms with Crippen molar-refractivity contribution in [3.8, 4) is 5.75 Å². The number of carbonyl (C=O) groups excluding carboxylic acids is 1. The predicted octanol–water partition coefficient (Wildman–Crippen LogP) is 4.50. The molecule has 0 spiro atoms. The van der Waals surface area contributed by atoms with Crippen LogP contribution in [0, 0.1) is 19.8 Å². The van der Waals surface area contributed by atoms with Crippen molar-refractivity contribution in [3.05, 3.63) is 57.5 Å². The molecule has 1 amide bonds. The van der Waals surface area contributed by atoms with Crippen molar-refractivity contribution < 1.29 is 22.7 Å². The van der Waals surface area contributed by atoms with Crippen LogP contribution in [0.15, 0.2) is 24.3 Å². The molecule has 2 aliphatic heterocycles. The fourth-order valence-electron chi connectivity index (χ4n) is 4.64. The van der Waals surface area contributed by atoms with Gasteiger partial charge in [0.05, 0.1) is 40.8 Å². The zero-order valence-corrected chi connectivity index (χ0v) is 20.6. The minimum atomic E-state index is -4.39. The third-order valence-electron chi connectivity index (χ3n) is 6.48. The number of benzene rings is 1. The fourth-order valence-corrected chi connectivity index (χ4v) is 4.76. The summed E-state index contributed by atoms with van der Waals surface area (Å²) in [5, 5.41) is 7.90. The number of aryl methyl sites for hydroxylation is 2. The molecule has 1 saturated heterocycles. The number of alkyl halides is 3. The van der Waals surface area contributed by atoms with E-state index in [2.05, 4.69) is 15.4 Å². The SMILES string of the molecule is Cc1nc2c3c(nn2c(C)c1Cl)CN(C(=O)c1ccccc1OC1CCNCC1C(F)(F)F)C3.Cl. The van der Waals surface area contributed by atoms with E-state index in [1.54, 1.807) is 33.7 Å². The molecule has 2 atom stereocenters. The van der Waals surface area contributed by atoms with E-state index in [0.29, 0.717) is 22.9 Å². The summed E-state index contributed by atoms with van der Waals surface area (Å²) in [6.45, 7) is 4.44. The van der Waals surface area contributed by atoms with Gasteiger partial charge in [0.15, 0.2) is 5.65 Å². The highest BCUT2D eigenvalue weighted by atomic mass is 35.5. The van der Waals surface area contributed by atoms with Crippen molar-refractivity contribution in [1.82, 2.24) is 24.8 Å². The molecule has 0 aliphatic carbocycles. The fraction of sp³-hybridized carbons (Fsp3) is 0.435. The number of ether oxygens (including phenoxy) is 1. The second-order valence-electron chi connectivity index (χ2n) is 8.71. The van der Waals surface area contributed by atoms with Crippen molar-refractivity contribution >= 4 is 35.6 Å². The molecule has 0 radical (unpaired) electrons. The number of halogens is 5. The lowest BCUT2D eigenvalue weighted by Crippen LogP contribution is -2.49. The first-order valence-electron chi connectivity index (χ1n) is 11.0. The van der Waals surface area contributed by atoms with Gasteiger partial charge in [0.1, 0.15) is 17.8 Å². The van der Waals surface area contributed by atoms with Crippen molar-refractivity contribution in [1.29, 1.82) is 0 Å². The first-order chi connectivity index (χ1) is 16.1. The second kappa shape index (κ2) is 9.48. The lowest BCUT2D eigenvalue weighted by molar-refractivity contribution is -0.199. The summed E-state index contributed by atoms with van der Waals surface area (Å²) in [6.07, 6.45) is -5.25. The molecule has 2 aliphatic rings. The Balaban J connectivity index is 0.00000289. The number of nitrogens with one attached hydrogen (secondary N) is 1. The molecule has 0 bridgehead atoms. The minimum Gasteiger partial charge on any atom is -0.489 e. The van der Waals surface area contributed by atoms with Crippen LogP contribution in [-0.4, -0.2) is 50.8 Å². The number of nitrogens with zero attached hydrogens (tertiary/aromatic N) is 4. The molecular formula is C23H24Cl2F3N5O2. The predicted molar refractivity (Wildman–Crippen MR) is 126 cm³/mol. The molecule has 188 valence electrons. The summed E-state index contributed by atoms with van der Waals surface area (Å²) in [5.74, 6) is -1.81. The maximum atomic E-state index is 13.5. The number of hydrogen-bond donors (Lipinski definition) is 1. The molecule has 1 aromatic carbocycles. The van der Waals surface area contributed by atoms with E-state index >= 15 is 0 Å². The van der Waals surface area contributed by atoms with Gasteiger partial charge < -0.3 is 15.0 Å². The van der Waals surface area contributed by atoms with E-state index < -0.39 is 18.2 Å². The monoisotopic (exact) mass is 529 g/mol. The summed E-state index contributed by atoms with van der Waals surface area (Å²) in [6, 6.07) is 6.45. The molecule has 0 saturated carbocycles. The number of fused-ring (bicyclic) bond motifs is 3. The lowest BCUT2D eigenvalue weighted by Gasteiger charge is -2.34. The highest BCUT2D eigenvalue weighted by Gasteiger charge is 2.47. The molecule has 1 N–H and O–H groups in total. The van der Waals surface area contributed by atoms with E-state index in [0.717, 1.165) is 17.0 Å². The minimum absolute atomic E-state index is 0. The maximum Gasteiger partial charge on any atom is 0.396 e. The van der Waals surface area contributed by atoms with Gasteiger partial charge in [-0.15, -0.1) is 12.4 Å². The van der Waals surface area contributed by atoms with Gasteiger partial charge in [0.25, 0.3) is 5.91 Å². The van der Waals surface area contributed by atoms with E-state index in [4.69, 9.17) is 16.3 Å². The highest BCUT2D eigenvalue weighted by molar-refractivity contribution is 6.31. The number of carbonyl (C=O) groups is 1. The smallest absolute Gasteiger partial charge is 0.396 e. The van der Waals surface area contributed by atoms with Gasteiger partial charge >= 0.3 is 6.18 Å². The molecule has 5 rings (SSSR count). The van der Waals surface area contributed by atoms with E-state index in [-0.39, 0.29) is 55.7 Å². The molecular weight excluding hydrogens is 506 g/mol. The zero-order chi connectivity index (χ0) is 24.2. The van der Waals surface area contributed by atoms with Crippen LogP contribution in [0.2, 0.25) is 5.02 Å². The van der Waals surface area contributed by atoms with Gasteiger partial charge in [-0.05, 0) is 38.9 Å². The Labute approximate surface area is 211 Å². The molecule has 35 heavy (non-hydrogen) atoms. The van der Waals surface area contributed by atoms with Gasteiger partial charge in [0.2, 0.25) is 0 Å². The third-order valence-corrected chi connectivity index (χ3v) is 7.02. The summed E-state index contributed by atoms with van der Waals surface area (Å²) < 4.78 is 48.0. The van der Waals surface area contributed by atoms with Crippen LogP contribution in [0.5, 0.6) is 5.75 Å². The molecule has 1 fully saturated rings. The number of aromatic nitrogens is 3. The van der Waals surface area contributed by atoms with Crippen LogP contribution >= 0.6 is 24.0 Å². The van der Waals surface area contributed by atoms with Gasteiger partial charge in [-0.2, -0.15) is 18.3 Å². The zero-order valence-electron chi connectivity index (χ0n) is 19.0. The summed E-state index contributed by atoms with van der Waals surface area (Å²) in [7, 11) is 0. The Hall–Kier alpha value is -2.56. The van der Waals surface area contributed by atoms with Crippen molar-refractivity contribution in [2.45, 2.75) is 45.6 Å². The van der Waals surface area contributed by atoms with Crippen LogP contribution in [-0.2, 0) is 13.1 Å². The van der Waals surface area contributed by atoms with E-state index in [1.807, 2.05) is 13.8 Å². The van der Waals surface area contributed by atoms with Crippen molar-refractivity contribution in [2.24, 2.45) is 5.92 Å². The average Bonchev–Trinajstić information content (AvgIpc) is 3.36.